The highest BCUT2D eigenvalue weighted by Gasteiger charge is 2.29. The van der Waals surface area contributed by atoms with Crippen LogP contribution in [0, 0.1) is 6.92 Å². The van der Waals surface area contributed by atoms with Gasteiger partial charge in [0.1, 0.15) is 17.3 Å². The average Bonchev–Trinajstić information content (AvgIpc) is 3.17. The van der Waals surface area contributed by atoms with Crippen LogP contribution in [0.1, 0.15) is 37.2 Å². The van der Waals surface area contributed by atoms with Crippen LogP contribution in [-0.2, 0) is 6.42 Å². The maximum Gasteiger partial charge on any atom is 0.131 e. The van der Waals surface area contributed by atoms with E-state index >= 15 is 0 Å². The topological polar surface area (TPSA) is 43.8 Å². The third kappa shape index (κ3) is 2.18. The van der Waals surface area contributed by atoms with Crippen molar-refractivity contribution in [2.24, 2.45) is 0 Å². The molecule has 2 aromatic rings. The molecule has 2 N–H and O–H groups in total. The fraction of sp³-hybridized carbons (Fsp3) is 0.400. The molecule has 0 spiro atoms. The van der Waals surface area contributed by atoms with E-state index in [9.17, 15) is 0 Å². The van der Waals surface area contributed by atoms with Crippen molar-refractivity contribution in [1.82, 2.24) is 9.55 Å². The number of hydrogen-bond acceptors (Lipinski definition) is 2. The minimum Gasteiger partial charge on any atom is -0.383 e. The number of anilines is 1. The van der Waals surface area contributed by atoms with Crippen LogP contribution in [0.5, 0.6) is 0 Å². The molecule has 3 rings (SSSR count). The summed E-state index contributed by atoms with van der Waals surface area (Å²) in [4.78, 5) is 4.75. The summed E-state index contributed by atoms with van der Waals surface area (Å²) in [5, 5.41) is 0. The highest BCUT2D eigenvalue weighted by atomic mass is 79.9. The Balaban J connectivity index is 2.11. The van der Waals surface area contributed by atoms with Crippen LogP contribution in [0.25, 0.3) is 11.3 Å². The van der Waals surface area contributed by atoms with Gasteiger partial charge in [-0.05, 0) is 31.4 Å². The van der Waals surface area contributed by atoms with E-state index in [0.29, 0.717) is 6.04 Å². The van der Waals surface area contributed by atoms with Crippen molar-refractivity contribution in [3.63, 3.8) is 0 Å². The number of nitrogen functional groups attached to an aromatic ring is 1. The fourth-order valence-corrected chi connectivity index (χ4v) is 2.81. The van der Waals surface area contributed by atoms with Crippen molar-refractivity contribution >= 4 is 21.7 Å². The minimum absolute atomic E-state index is 0.574. The van der Waals surface area contributed by atoms with Gasteiger partial charge >= 0.3 is 0 Å². The van der Waals surface area contributed by atoms with Crippen LogP contribution < -0.4 is 5.73 Å². The van der Waals surface area contributed by atoms with Gasteiger partial charge in [-0.2, -0.15) is 0 Å². The Bertz CT molecular complexity index is 627. The highest BCUT2D eigenvalue weighted by molar-refractivity contribution is 9.10. The molecule has 0 atom stereocenters. The van der Waals surface area contributed by atoms with Crippen molar-refractivity contribution in [3.8, 4) is 11.3 Å². The largest absolute Gasteiger partial charge is 0.383 e. The predicted molar refractivity (Wildman–Crippen MR) is 82.2 cm³/mol. The van der Waals surface area contributed by atoms with Gasteiger partial charge in [0.15, 0.2) is 0 Å². The second kappa shape index (κ2) is 4.67. The first kappa shape index (κ1) is 12.7. The Morgan fingerprint density at radius 2 is 2.16 bits per heavy atom. The van der Waals surface area contributed by atoms with Gasteiger partial charge in [-0.1, -0.05) is 35.0 Å². The number of nitrogens with two attached hydrogens (primary N) is 1. The number of aryl methyl sites for hydroxylation is 2. The first-order chi connectivity index (χ1) is 9.11. The standard InChI is InChI=1S/C15H18BrN3/c1-3-13-18-14(15(17)19(13)11-6-7-11)10-5-4-9(2)12(16)8-10/h4-5,8,11H,3,6-7,17H2,1-2H3. The Labute approximate surface area is 122 Å². The predicted octanol–water partition coefficient (Wildman–Crippen LogP) is 4.10. The second-order valence-corrected chi connectivity index (χ2v) is 6.03. The zero-order valence-electron chi connectivity index (χ0n) is 11.3. The third-order valence-electron chi connectivity index (χ3n) is 3.69. The van der Waals surface area contributed by atoms with Crippen LogP contribution in [0.2, 0.25) is 0 Å². The Hall–Kier alpha value is -1.29. The van der Waals surface area contributed by atoms with Gasteiger partial charge in [0.2, 0.25) is 0 Å². The molecule has 0 radical (unpaired) electrons. The molecule has 0 saturated heterocycles. The first-order valence-corrected chi connectivity index (χ1v) is 7.54. The molecule has 4 heteroatoms. The normalized spacial score (nSPS) is 14.9. The molecular weight excluding hydrogens is 302 g/mol. The summed E-state index contributed by atoms with van der Waals surface area (Å²) in [6, 6.07) is 6.87. The van der Waals surface area contributed by atoms with Crippen molar-refractivity contribution < 1.29 is 0 Å². The molecule has 0 bridgehead atoms. The molecule has 0 amide bonds. The van der Waals surface area contributed by atoms with Gasteiger partial charge < -0.3 is 10.3 Å². The molecule has 1 aliphatic rings. The van der Waals surface area contributed by atoms with Crippen molar-refractivity contribution in [3.05, 3.63) is 34.1 Å². The van der Waals surface area contributed by atoms with Gasteiger partial charge in [0, 0.05) is 22.5 Å². The maximum atomic E-state index is 6.33. The number of rotatable bonds is 3. The van der Waals surface area contributed by atoms with Crippen LogP contribution in [0.3, 0.4) is 0 Å². The Kier molecular flexibility index (Phi) is 3.13. The summed E-state index contributed by atoms with van der Waals surface area (Å²) in [7, 11) is 0. The van der Waals surface area contributed by atoms with Gasteiger partial charge in [-0.3, -0.25) is 0 Å². The zero-order chi connectivity index (χ0) is 13.6. The van der Waals surface area contributed by atoms with E-state index in [1.807, 2.05) is 0 Å². The van der Waals surface area contributed by atoms with E-state index in [-0.39, 0.29) is 0 Å². The number of aromatic nitrogens is 2. The van der Waals surface area contributed by atoms with Gasteiger partial charge in [0.25, 0.3) is 0 Å². The van der Waals surface area contributed by atoms with Crippen LogP contribution in [0.15, 0.2) is 22.7 Å². The molecule has 1 heterocycles. The molecule has 19 heavy (non-hydrogen) atoms. The smallest absolute Gasteiger partial charge is 0.131 e. The lowest BCUT2D eigenvalue weighted by molar-refractivity contribution is 0.696. The molecule has 1 aromatic carbocycles. The Morgan fingerprint density at radius 3 is 2.74 bits per heavy atom. The van der Waals surface area contributed by atoms with Crippen molar-refractivity contribution in [2.75, 3.05) is 5.73 Å². The van der Waals surface area contributed by atoms with Gasteiger partial charge in [0.05, 0.1) is 0 Å². The summed E-state index contributed by atoms with van der Waals surface area (Å²) >= 11 is 3.58. The molecule has 1 aromatic heterocycles. The number of halogens is 1. The van der Waals surface area contributed by atoms with E-state index in [2.05, 4.69) is 52.5 Å². The van der Waals surface area contributed by atoms with E-state index in [4.69, 9.17) is 10.7 Å². The maximum absolute atomic E-state index is 6.33. The van der Waals surface area contributed by atoms with Crippen LogP contribution in [0.4, 0.5) is 5.82 Å². The first-order valence-electron chi connectivity index (χ1n) is 6.75. The third-order valence-corrected chi connectivity index (χ3v) is 4.55. The summed E-state index contributed by atoms with van der Waals surface area (Å²) in [5.41, 5.74) is 9.56. The molecule has 100 valence electrons. The SMILES string of the molecule is CCc1nc(-c2ccc(C)c(Br)c2)c(N)n1C1CC1. The van der Waals surface area contributed by atoms with Crippen LogP contribution >= 0.6 is 15.9 Å². The zero-order valence-corrected chi connectivity index (χ0v) is 12.9. The molecule has 1 saturated carbocycles. The minimum atomic E-state index is 0.574. The lowest BCUT2D eigenvalue weighted by atomic mass is 10.1. The quantitative estimate of drug-likeness (QED) is 0.925. The van der Waals surface area contributed by atoms with Gasteiger partial charge in [-0.25, -0.2) is 4.98 Å². The van der Waals surface area contributed by atoms with E-state index in [1.165, 1.54) is 18.4 Å². The second-order valence-electron chi connectivity index (χ2n) is 5.18. The van der Waals surface area contributed by atoms with Crippen molar-refractivity contribution in [2.45, 2.75) is 39.2 Å². The average molecular weight is 320 g/mol. The summed E-state index contributed by atoms with van der Waals surface area (Å²) in [5.74, 6) is 1.92. The van der Waals surface area contributed by atoms with Crippen molar-refractivity contribution in [1.29, 1.82) is 0 Å². The molecule has 3 nitrogen and oxygen atoms in total. The summed E-state index contributed by atoms with van der Waals surface area (Å²) < 4.78 is 3.33. The molecule has 1 aliphatic carbocycles. The monoisotopic (exact) mass is 319 g/mol. The fourth-order valence-electron chi connectivity index (χ4n) is 2.44. The van der Waals surface area contributed by atoms with Gasteiger partial charge in [-0.15, -0.1) is 0 Å². The molecule has 0 aliphatic heterocycles. The molecule has 0 unspecified atom stereocenters. The van der Waals surface area contributed by atoms with Crippen LogP contribution in [-0.4, -0.2) is 9.55 Å². The van der Waals surface area contributed by atoms with E-state index < -0.39 is 0 Å². The number of benzene rings is 1. The number of imidazole rings is 1. The van der Waals surface area contributed by atoms with E-state index in [0.717, 1.165) is 33.8 Å². The van der Waals surface area contributed by atoms with E-state index in [1.54, 1.807) is 0 Å². The summed E-state index contributed by atoms with van der Waals surface area (Å²) in [6.07, 6.45) is 3.38. The number of nitrogens with zero attached hydrogens (tertiary/aromatic N) is 2. The molecule has 1 fully saturated rings. The lowest BCUT2D eigenvalue weighted by Gasteiger charge is -2.07. The molecular formula is C15H18BrN3. The summed E-state index contributed by atoms with van der Waals surface area (Å²) in [6.45, 7) is 4.22. The number of hydrogen-bond donors (Lipinski definition) is 1. The highest BCUT2D eigenvalue weighted by Crippen LogP contribution is 2.41. The Morgan fingerprint density at radius 1 is 1.42 bits per heavy atom. The lowest BCUT2D eigenvalue weighted by Crippen LogP contribution is -2.04.